The van der Waals surface area contributed by atoms with Crippen molar-refractivity contribution < 1.29 is 17.9 Å². The fourth-order valence-corrected chi connectivity index (χ4v) is 3.18. The number of ether oxygens (including phenoxy) is 2. The van der Waals surface area contributed by atoms with Crippen molar-refractivity contribution in [2.24, 2.45) is 0 Å². The Kier molecular flexibility index (Phi) is 4.78. The van der Waals surface area contributed by atoms with Gasteiger partial charge < -0.3 is 14.8 Å². The van der Waals surface area contributed by atoms with Gasteiger partial charge in [-0.1, -0.05) is 0 Å². The first-order valence-electron chi connectivity index (χ1n) is 7.15. The predicted octanol–water partition coefficient (Wildman–Crippen LogP) is 2.01. The number of fused-ring (bicyclic) bond motifs is 1. The molecule has 2 rings (SSSR count). The zero-order valence-electron chi connectivity index (χ0n) is 12.8. The minimum absolute atomic E-state index is 0.0594. The van der Waals surface area contributed by atoms with Gasteiger partial charge in [-0.05, 0) is 32.9 Å². The van der Waals surface area contributed by atoms with Crippen LogP contribution >= 0.6 is 0 Å². The van der Waals surface area contributed by atoms with Crippen molar-refractivity contribution in [1.82, 2.24) is 5.32 Å². The van der Waals surface area contributed by atoms with Crippen molar-refractivity contribution in [1.29, 1.82) is 0 Å². The molecule has 5 nitrogen and oxygen atoms in total. The van der Waals surface area contributed by atoms with E-state index in [1.165, 1.54) is 0 Å². The molecular formula is C15H23NO4S. The fourth-order valence-electron chi connectivity index (χ4n) is 2.02. The molecule has 0 bridgehead atoms. The molecule has 6 heteroatoms. The van der Waals surface area contributed by atoms with E-state index in [9.17, 15) is 8.42 Å². The first-order valence-corrected chi connectivity index (χ1v) is 8.81. The Morgan fingerprint density at radius 2 is 1.81 bits per heavy atom. The van der Waals surface area contributed by atoms with Crippen LogP contribution in [0.4, 0.5) is 0 Å². The zero-order valence-corrected chi connectivity index (χ0v) is 13.6. The summed E-state index contributed by atoms with van der Waals surface area (Å²) in [6.07, 6.45) is 0.798. The monoisotopic (exact) mass is 313 g/mol. The van der Waals surface area contributed by atoms with Gasteiger partial charge in [0.15, 0.2) is 21.3 Å². The highest BCUT2D eigenvalue weighted by Crippen LogP contribution is 2.32. The normalized spacial score (nSPS) is 15.6. The van der Waals surface area contributed by atoms with Gasteiger partial charge in [-0.15, -0.1) is 0 Å². The third-order valence-electron chi connectivity index (χ3n) is 3.10. The largest absolute Gasteiger partial charge is 0.490 e. The van der Waals surface area contributed by atoms with E-state index < -0.39 is 9.84 Å². The van der Waals surface area contributed by atoms with Crippen LogP contribution in [0.5, 0.6) is 11.5 Å². The highest BCUT2D eigenvalue weighted by molar-refractivity contribution is 7.91. The van der Waals surface area contributed by atoms with E-state index in [4.69, 9.17) is 9.47 Å². The van der Waals surface area contributed by atoms with Crippen molar-refractivity contribution in [2.75, 3.05) is 25.5 Å². The minimum atomic E-state index is -3.33. The first kappa shape index (κ1) is 16.1. The van der Waals surface area contributed by atoms with Gasteiger partial charge in [-0.25, -0.2) is 8.42 Å². The molecule has 1 N–H and O–H groups in total. The molecule has 1 aromatic rings. The lowest BCUT2D eigenvalue weighted by molar-refractivity contribution is 0.297. The maximum Gasteiger partial charge on any atom is 0.179 e. The molecule has 1 heterocycles. The molecule has 0 radical (unpaired) electrons. The molecule has 0 spiro atoms. The summed E-state index contributed by atoms with van der Waals surface area (Å²) in [5.74, 6) is 1.18. The molecule has 21 heavy (non-hydrogen) atoms. The Labute approximate surface area is 126 Å². The Bertz CT molecular complexity index is 590. The highest BCUT2D eigenvalue weighted by Gasteiger charge is 2.19. The van der Waals surface area contributed by atoms with Crippen molar-refractivity contribution in [2.45, 2.75) is 37.6 Å². The molecule has 118 valence electrons. The summed E-state index contributed by atoms with van der Waals surface area (Å²) >= 11 is 0. The topological polar surface area (TPSA) is 64.6 Å². The van der Waals surface area contributed by atoms with Gasteiger partial charge in [0.25, 0.3) is 0 Å². The van der Waals surface area contributed by atoms with Gasteiger partial charge >= 0.3 is 0 Å². The van der Waals surface area contributed by atoms with Crippen LogP contribution in [0.3, 0.4) is 0 Å². The smallest absolute Gasteiger partial charge is 0.179 e. The lowest BCUT2D eigenvalue weighted by atomic mass is 10.1. The standard InChI is InChI=1S/C15H23NO4S/c1-15(2,3)16-7-10-21(17,18)12-5-6-13-14(11-12)20-9-4-8-19-13/h5-6,11,16H,4,7-10H2,1-3H3. The predicted molar refractivity (Wildman–Crippen MR) is 81.9 cm³/mol. The fraction of sp³-hybridized carbons (Fsp3) is 0.600. The van der Waals surface area contributed by atoms with Gasteiger partial charge in [0.2, 0.25) is 0 Å². The summed E-state index contributed by atoms with van der Waals surface area (Å²) in [7, 11) is -3.33. The van der Waals surface area contributed by atoms with E-state index in [1.54, 1.807) is 18.2 Å². The lowest BCUT2D eigenvalue weighted by Gasteiger charge is -2.20. The third kappa shape index (κ3) is 4.61. The van der Waals surface area contributed by atoms with Crippen LogP contribution in [-0.2, 0) is 9.84 Å². The number of hydrogen-bond acceptors (Lipinski definition) is 5. The molecule has 0 unspecified atom stereocenters. The van der Waals surface area contributed by atoms with Crippen molar-refractivity contribution >= 4 is 9.84 Å². The van der Waals surface area contributed by atoms with E-state index in [0.29, 0.717) is 31.3 Å². The maximum absolute atomic E-state index is 12.4. The molecule has 0 amide bonds. The number of hydrogen-bond donors (Lipinski definition) is 1. The number of benzene rings is 1. The molecule has 0 aliphatic carbocycles. The van der Waals surface area contributed by atoms with E-state index in [2.05, 4.69) is 5.32 Å². The minimum Gasteiger partial charge on any atom is -0.490 e. The molecule has 0 aromatic heterocycles. The van der Waals surface area contributed by atoms with Gasteiger partial charge in [0.05, 0.1) is 23.9 Å². The van der Waals surface area contributed by atoms with Crippen LogP contribution in [0.25, 0.3) is 0 Å². The van der Waals surface area contributed by atoms with E-state index in [1.807, 2.05) is 20.8 Å². The average Bonchev–Trinajstić information content (AvgIpc) is 2.61. The van der Waals surface area contributed by atoms with Crippen molar-refractivity contribution in [3.63, 3.8) is 0 Å². The summed E-state index contributed by atoms with van der Waals surface area (Å²) in [6, 6.07) is 4.82. The maximum atomic E-state index is 12.4. The average molecular weight is 313 g/mol. The Hall–Kier alpha value is -1.27. The second kappa shape index (κ2) is 6.23. The van der Waals surface area contributed by atoms with Crippen molar-refractivity contribution in [3.05, 3.63) is 18.2 Å². The summed E-state index contributed by atoms with van der Waals surface area (Å²) in [5, 5.41) is 3.18. The van der Waals surface area contributed by atoms with Crippen LogP contribution in [0.2, 0.25) is 0 Å². The molecule has 0 saturated heterocycles. The highest BCUT2D eigenvalue weighted by atomic mass is 32.2. The molecule has 0 saturated carbocycles. The van der Waals surface area contributed by atoms with E-state index >= 15 is 0 Å². The van der Waals surface area contributed by atoms with Crippen molar-refractivity contribution in [3.8, 4) is 11.5 Å². The molecule has 0 atom stereocenters. The van der Waals surface area contributed by atoms with E-state index in [-0.39, 0.29) is 16.2 Å². The number of rotatable bonds is 4. The van der Waals surface area contributed by atoms with Crippen LogP contribution in [0.15, 0.2) is 23.1 Å². The second-order valence-electron chi connectivity index (χ2n) is 6.15. The Morgan fingerprint density at radius 1 is 1.14 bits per heavy atom. The summed E-state index contributed by atoms with van der Waals surface area (Å²) in [5.41, 5.74) is -0.0970. The molecule has 0 fully saturated rings. The van der Waals surface area contributed by atoms with Gasteiger partial charge in [-0.3, -0.25) is 0 Å². The Morgan fingerprint density at radius 3 is 2.48 bits per heavy atom. The zero-order chi connectivity index (χ0) is 15.5. The summed E-state index contributed by atoms with van der Waals surface area (Å²) < 4.78 is 35.8. The second-order valence-corrected chi connectivity index (χ2v) is 8.26. The van der Waals surface area contributed by atoms with Crippen LogP contribution in [0, 0.1) is 0 Å². The molecule has 1 aromatic carbocycles. The third-order valence-corrected chi connectivity index (χ3v) is 4.82. The first-order chi connectivity index (χ1) is 9.78. The Balaban J connectivity index is 2.11. The van der Waals surface area contributed by atoms with Gasteiger partial charge in [0, 0.05) is 24.6 Å². The summed E-state index contributed by atoms with van der Waals surface area (Å²) in [6.45, 7) is 7.57. The molecule has 1 aliphatic heterocycles. The van der Waals surface area contributed by atoms with Crippen LogP contribution in [0.1, 0.15) is 27.2 Å². The lowest BCUT2D eigenvalue weighted by Crippen LogP contribution is -2.38. The molecule has 1 aliphatic rings. The quantitative estimate of drug-likeness (QED) is 0.921. The van der Waals surface area contributed by atoms with Crippen LogP contribution < -0.4 is 14.8 Å². The van der Waals surface area contributed by atoms with Gasteiger partial charge in [-0.2, -0.15) is 0 Å². The SMILES string of the molecule is CC(C)(C)NCCS(=O)(=O)c1ccc2c(c1)OCCCO2. The summed E-state index contributed by atoms with van der Waals surface area (Å²) in [4.78, 5) is 0.280. The van der Waals surface area contributed by atoms with Gasteiger partial charge in [0.1, 0.15) is 0 Å². The van der Waals surface area contributed by atoms with Crippen LogP contribution in [-0.4, -0.2) is 39.5 Å². The molecular weight excluding hydrogens is 290 g/mol. The number of sulfone groups is 1. The van der Waals surface area contributed by atoms with E-state index in [0.717, 1.165) is 6.42 Å². The number of nitrogens with one attached hydrogen (secondary N) is 1.